The second kappa shape index (κ2) is 6.43. The molecule has 108 valence electrons. The van der Waals surface area contributed by atoms with Gasteiger partial charge in [0.1, 0.15) is 0 Å². The molecular weight excluding hydrogens is 254 g/mol. The average Bonchev–Trinajstić information content (AvgIpc) is 2.90. The molecule has 1 N–H and O–H groups in total. The molecule has 0 fully saturated rings. The summed E-state index contributed by atoms with van der Waals surface area (Å²) in [5, 5.41) is 7.81. The minimum atomic E-state index is 0.716. The first-order valence-corrected chi connectivity index (χ1v) is 6.65. The molecule has 2 aromatic rings. The normalized spacial score (nSPS) is 10.6. The van der Waals surface area contributed by atoms with E-state index in [1.54, 1.807) is 18.9 Å². The summed E-state index contributed by atoms with van der Waals surface area (Å²) in [4.78, 5) is 0. The molecule has 20 heavy (non-hydrogen) atoms. The monoisotopic (exact) mass is 275 g/mol. The number of nitrogens with zero attached hydrogens (tertiary/aromatic N) is 2. The number of rotatable bonds is 6. The lowest BCUT2D eigenvalue weighted by Crippen LogP contribution is -2.13. The van der Waals surface area contributed by atoms with Crippen LogP contribution in [0, 0.1) is 0 Å². The zero-order valence-electron chi connectivity index (χ0n) is 12.4. The van der Waals surface area contributed by atoms with Crippen LogP contribution in [0.5, 0.6) is 11.5 Å². The Morgan fingerprint density at radius 2 is 1.90 bits per heavy atom. The Morgan fingerprint density at radius 3 is 2.45 bits per heavy atom. The number of aromatic nitrogens is 2. The lowest BCUT2D eigenvalue weighted by atomic mass is 10.0. The molecule has 0 atom stereocenters. The molecule has 0 amide bonds. The van der Waals surface area contributed by atoms with Crippen molar-refractivity contribution >= 4 is 0 Å². The first-order chi connectivity index (χ1) is 9.69. The van der Waals surface area contributed by atoms with E-state index in [1.165, 1.54) is 0 Å². The molecular formula is C15H21N3O2. The van der Waals surface area contributed by atoms with E-state index >= 15 is 0 Å². The van der Waals surface area contributed by atoms with Crippen LogP contribution in [0.1, 0.15) is 12.5 Å². The summed E-state index contributed by atoms with van der Waals surface area (Å²) in [7, 11) is 5.20. The van der Waals surface area contributed by atoms with E-state index in [-0.39, 0.29) is 0 Å². The van der Waals surface area contributed by atoms with E-state index in [0.29, 0.717) is 5.75 Å². The molecule has 0 spiro atoms. The fraction of sp³-hybridized carbons (Fsp3) is 0.400. The van der Waals surface area contributed by atoms with Crippen molar-refractivity contribution in [3.8, 4) is 22.8 Å². The summed E-state index contributed by atoms with van der Waals surface area (Å²) >= 11 is 0. The Kier molecular flexibility index (Phi) is 4.63. The van der Waals surface area contributed by atoms with Crippen LogP contribution in [0.2, 0.25) is 0 Å². The Balaban J connectivity index is 2.50. The van der Waals surface area contributed by atoms with Gasteiger partial charge in [-0.3, -0.25) is 4.68 Å². The van der Waals surface area contributed by atoms with Crippen LogP contribution in [0.25, 0.3) is 11.3 Å². The predicted octanol–water partition coefficient (Wildman–Crippen LogP) is 2.21. The fourth-order valence-corrected chi connectivity index (χ4v) is 2.12. The van der Waals surface area contributed by atoms with Gasteiger partial charge in [0, 0.05) is 25.4 Å². The van der Waals surface area contributed by atoms with Gasteiger partial charge in [-0.2, -0.15) is 5.10 Å². The highest BCUT2D eigenvalue weighted by molar-refractivity contribution is 5.68. The lowest BCUT2D eigenvalue weighted by molar-refractivity contribution is 0.354. The van der Waals surface area contributed by atoms with Gasteiger partial charge in [0.05, 0.1) is 19.9 Å². The van der Waals surface area contributed by atoms with Crippen molar-refractivity contribution in [3.63, 3.8) is 0 Å². The van der Waals surface area contributed by atoms with Gasteiger partial charge in [-0.15, -0.1) is 0 Å². The highest BCUT2D eigenvalue weighted by Crippen LogP contribution is 2.35. The molecule has 0 radical (unpaired) electrons. The van der Waals surface area contributed by atoms with Gasteiger partial charge in [0.2, 0.25) is 0 Å². The van der Waals surface area contributed by atoms with E-state index in [9.17, 15) is 0 Å². The van der Waals surface area contributed by atoms with E-state index in [2.05, 4.69) is 17.3 Å². The van der Waals surface area contributed by atoms with Gasteiger partial charge in [-0.25, -0.2) is 0 Å². The number of ether oxygens (including phenoxy) is 2. The Morgan fingerprint density at radius 1 is 1.20 bits per heavy atom. The average molecular weight is 275 g/mol. The van der Waals surface area contributed by atoms with Gasteiger partial charge in [-0.05, 0) is 30.3 Å². The van der Waals surface area contributed by atoms with Crippen LogP contribution in [0.3, 0.4) is 0 Å². The zero-order chi connectivity index (χ0) is 14.5. The van der Waals surface area contributed by atoms with Crippen molar-refractivity contribution < 1.29 is 9.47 Å². The van der Waals surface area contributed by atoms with Gasteiger partial charge in [0.15, 0.2) is 11.5 Å². The molecule has 0 unspecified atom stereocenters. The second-order valence-electron chi connectivity index (χ2n) is 4.52. The quantitative estimate of drug-likeness (QED) is 0.878. The molecule has 0 aliphatic heterocycles. The van der Waals surface area contributed by atoms with Crippen LogP contribution in [0.15, 0.2) is 24.4 Å². The summed E-state index contributed by atoms with van der Waals surface area (Å²) in [5.41, 5.74) is 3.13. The molecule has 0 aliphatic rings. The molecule has 1 heterocycles. The zero-order valence-corrected chi connectivity index (χ0v) is 12.4. The molecule has 0 saturated carbocycles. The Bertz CT molecular complexity index is 578. The van der Waals surface area contributed by atoms with E-state index < -0.39 is 0 Å². The molecule has 5 nitrogen and oxygen atoms in total. The van der Waals surface area contributed by atoms with Gasteiger partial charge < -0.3 is 14.8 Å². The highest BCUT2D eigenvalue weighted by Gasteiger charge is 2.14. The molecule has 1 aromatic carbocycles. The maximum absolute atomic E-state index is 5.38. The third-order valence-corrected chi connectivity index (χ3v) is 3.16. The number of hydrogen-bond acceptors (Lipinski definition) is 4. The van der Waals surface area contributed by atoms with Crippen molar-refractivity contribution in [1.29, 1.82) is 0 Å². The topological polar surface area (TPSA) is 48.3 Å². The van der Waals surface area contributed by atoms with Crippen molar-refractivity contribution in [1.82, 2.24) is 15.1 Å². The fourth-order valence-electron chi connectivity index (χ4n) is 2.12. The van der Waals surface area contributed by atoms with Crippen molar-refractivity contribution in [2.45, 2.75) is 13.5 Å². The summed E-state index contributed by atoms with van der Waals surface area (Å²) in [6.07, 6.45) is 1.93. The lowest BCUT2D eigenvalue weighted by Gasteiger charge is -2.14. The smallest absolute Gasteiger partial charge is 0.161 e. The number of hydrogen-bond donors (Lipinski definition) is 1. The van der Waals surface area contributed by atoms with Crippen molar-refractivity contribution in [3.05, 3.63) is 30.0 Å². The third-order valence-electron chi connectivity index (χ3n) is 3.16. The molecule has 0 aliphatic carbocycles. The van der Waals surface area contributed by atoms with Crippen LogP contribution in [-0.2, 0) is 13.6 Å². The maximum Gasteiger partial charge on any atom is 0.161 e. The largest absolute Gasteiger partial charge is 0.493 e. The van der Waals surface area contributed by atoms with Crippen molar-refractivity contribution in [2.24, 2.45) is 7.05 Å². The number of aryl methyl sites for hydroxylation is 1. The first-order valence-electron chi connectivity index (χ1n) is 6.65. The SMILES string of the molecule is CCNCc1cc(OC)c(OC)cc1-c1ccn(C)n1. The first kappa shape index (κ1) is 14.4. The molecule has 0 bridgehead atoms. The molecule has 1 aromatic heterocycles. The highest BCUT2D eigenvalue weighted by atomic mass is 16.5. The minimum absolute atomic E-state index is 0.716. The summed E-state index contributed by atoms with van der Waals surface area (Å²) in [6.45, 7) is 3.76. The molecule has 0 saturated heterocycles. The van der Waals surface area contributed by atoms with Gasteiger partial charge in [-0.1, -0.05) is 6.92 Å². The minimum Gasteiger partial charge on any atom is -0.493 e. The van der Waals surface area contributed by atoms with E-state index in [4.69, 9.17) is 9.47 Å². The number of nitrogens with one attached hydrogen (secondary N) is 1. The van der Waals surface area contributed by atoms with Crippen LogP contribution >= 0.6 is 0 Å². The summed E-state index contributed by atoms with van der Waals surface area (Å²) in [5.74, 6) is 1.45. The van der Waals surface area contributed by atoms with Crippen LogP contribution < -0.4 is 14.8 Å². The molecule has 5 heteroatoms. The van der Waals surface area contributed by atoms with Gasteiger partial charge >= 0.3 is 0 Å². The predicted molar refractivity (Wildman–Crippen MR) is 79.1 cm³/mol. The maximum atomic E-state index is 5.38. The molecule has 2 rings (SSSR count). The van der Waals surface area contributed by atoms with Gasteiger partial charge in [0.25, 0.3) is 0 Å². The standard InChI is InChI=1S/C15H21N3O2/c1-5-16-10-11-8-14(19-3)15(20-4)9-12(11)13-6-7-18(2)17-13/h6-9,16H,5,10H2,1-4H3. The number of benzene rings is 1. The third kappa shape index (κ3) is 2.93. The number of methoxy groups -OCH3 is 2. The van der Waals surface area contributed by atoms with Crippen LogP contribution in [-0.4, -0.2) is 30.5 Å². The summed E-state index contributed by atoms with van der Waals surface area (Å²) < 4.78 is 12.6. The van der Waals surface area contributed by atoms with E-state index in [0.717, 1.165) is 35.7 Å². The summed E-state index contributed by atoms with van der Waals surface area (Å²) in [6, 6.07) is 5.98. The Labute approximate surface area is 119 Å². The van der Waals surface area contributed by atoms with Crippen LogP contribution in [0.4, 0.5) is 0 Å². The van der Waals surface area contributed by atoms with Crippen molar-refractivity contribution in [2.75, 3.05) is 20.8 Å². The second-order valence-corrected chi connectivity index (χ2v) is 4.52. The Hall–Kier alpha value is -2.01. The van der Waals surface area contributed by atoms with E-state index in [1.807, 2.05) is 31.4 Å².